The lowest BCUT2D eigenvalue weighted by atomic mass is 9.69. The lowest BCUT2D eigenvalue weighted by Crippen LogP contribution is -2.39. The standard InChI is InChI=1S/C22H27NO4S/c1-14-11-17-15(5-4-6-18(17)27-14)7-8-20(24)23-13-22-10-9-16(21(22,2)3)12-19(22)28(23,25)26/h4-8,14,16,19H,9-13H2,1-3H3/b8-7+. The lowest BCUT2D eigenvalue weighted by molar-refractivity contribution is -0.122. The molecule has 5 rings (SSSR count). The van der Waals surface area contributed by atoms with E-state index in [2.05, 4.69) is 13.8 Å². The summed E-state index contributed by atoms with van der Waals surface area (Å²) in [7, 11) is -3.59. The minimum Gasteiger partial charge on any atom is -0.490 e. The summed E-state index contributed by atoms with van der Waals surface area (Å²) in [5, 5.41) is -0.402. The van der Waals surface area contributed by atoms with E-state index in [4.69, 9.17) is 4.74 Å². The van der Waals surface area contributed by atoms with Gasteiger partial charge in [-0.1, -0.05) is 26.0 Å². The minimum absolute atomic E-state index is 0.0305. The Morgan fingerprint density at radius 2 is 2.11 bits per heavy atom. The molecule has 1 saturated heterocycles. The zero-order valence-corrected chi connectivity index (χ0v) is 17.5. The first-order valence-electron chi connectivity index (χ1n) is 10.2. The van der Waals surface area contributed by atoms with Crippen LogP contribution in [0, 0.1) is 16.7 Å². The topological polar surface area (TPSA) is 63.7 Å². The van der Waals surface area contributed by atoms with Gasteiger partial charge in [-0.15, -0.1) is 0 Å². The Balaban J connectivity index is 1.43. The number of benzene rings is 1. The summed E-state index contributed by atoms with van der Waals surface area (Å²) in [5.41, 5.74) is 1.69. The first-order chi connectivity index (χ1) is 13.2. The van der Waals surface area contributed by atoms with Crippen LogP contribution < -0.4 is 4.74 Å². The molecule has 1 aromatic rings. The third-order valence-corrected chi connectivity index (χ3v) is 10.4. The molecule has 1 spiro atoms. The zero-order valence-electron chi connectivity index (χ0n) is 16.6. The van der Waals surface area contributed by atoms with Crippen LogP contribution in [-0.2, 0) is 21.2 Å². The molecule has 2 aliphatic heterocycles. The predicted molar refractivity (Wildman–Crippen MR) is 107 cm³/mol. The molecule has 2 heterocycles. The highest BCUT2D eigenvalue weighted by Gasteiger charge is 2.72. The Hall–Kier alpha value is -1.82. The van der Waals surface area contributed by atoms with Crippen LogP contribution in [0.25, 0.3) is 6.08 Å². The van der Waals surface area contributed by atoms with Gasteiger partial charge in [0.25, 0.3) is 5.91 Å². The van der Waals surface area contributed by atoms with E-state index in [1.54, 1.807) is 6.08 Å². The van der Waals surface area contributed by atoms with Crippen molar-refractivity contribution in [3.8, 4) is 5.75 Å². The van der Waals surface area contributed by atoms with Gasteiger partial charge in [0.05, 0.1) is 5.25 Å². The van der Waals surface area contributed by atoms with E-state index >= 15 is 0 Å². The van der Waals surface area contributed by atoms with Crippen molar-refractivity contribution in [2.24, 2.45) is 16.7 Å². The van der Waals surface area contributed by atoms with Crippen LogP contribution in [-0.4, -0.2) is 36.5 Å². The number of carbonyl (C=O) groups excluding carboxylic acids is 1. The number of hydrogen-bond donors (Lipinski definition) is 0. The highest BCUT2D eigenvalue weighted by atomic mass is 32.2. The molecule has 28 heavy (non-hydrogen) atoms. The second-order valence-electron chi connectivity index (χ2n) is 9.52. The van der Waals surface area contributed by atoms with Crippen molar-refractivity contribution in [3.63, 3.8) is 0 Å². The Morgan fingerprint density at radius 1 is 1.32 bits per heavy atom. The van der Waals surface area contributed by atoms with E-state index in [0.717, 1.165) is 40.4 Å². The third kappa shape index (κ3) is 2.18. The van der Waals surface area contributed by atoms with E-state index in [-0.39, 0.29) is 16.9 Å². The molecular weight excluding hydrogens is 374 g/mol. The molecule has 5 nitrogen and oxygen atoms in total. The van der Waals surface area contributed by atoms with Crippen molar-refractivity contribution in [2.45, 2.75) is 57.8 Å². The fourth-order valence-corrected chi connectivity index (χ4v) is 8.92. The van der Waals surface area contributed by atoms with Gasteiger partial charge in [0.2, 0.25) is 10.0 Å². The Bertz CT molecular complexity index is 996. The van der Waals surface area contributed by atoms with Crippen molar-refractivity contribution in [3.05, 3.63) is 35.4 Å². The van der Waals surface area contributed by atoms with Gasteiger partial charge < -0.3 is 4.74 Å². The number of ether oxygens (including phenoxy) is 1. The molecule has 4 unspecified atom stereocenters. The normalized spacial score (nSPS) is 36.5. The molecule has 2 bridgehead atoms. The maximum Gasteiger partial charge on any atom is 0.260 e. The maximum atomic E-state index is 13.2. The van der Waals surface area contributed by atoms with Gasteiger partial charge in [-0.25, -0.2) is 12.7 Å². The van der Waals surface area contributed by atoms with E-state index in [0.29, 0.717) is 18.9 Å². The number of carbonyl (C=O) groups is 1. The Labute approximate surface area is 166 Å². The van der Waals surface area contributed by atoms with Gasteiger partial charge >= 0.3 is 0 Å². The smallest absolute Gasteiger partial charge is 0.260 e. The zero-order chi connectivity index (χ0) is 19.9. The quantitative estimate of drug-likeness (QED) is 0.713. The second kappa shape index (κ2) is 5.62. The Morgan fingerprint density at radius 3 is 2.82 bits per heavy atom. The van der Waals surface area contributed by atoms with Crippen LogP contribution in [0.4, 0.5) is 0 Å². The molecular formula is C22H27NO4S. The minimum atomic E-state index is -3.59. The van der Waals surface area contributed by atoms with Gasteiger partial charge in [-0.05, 0) is 55.2 Å². The van der Waals surface area contributed by atoms with Gasteiger partial charge in [0, 0.05) is 30.0 Å². The van der Waals surface area contributed by atoms with Gasteiger partial charge in [0.1, 0.15) is 11.9 Å². The maximum absolute atomic E-state index is 13.2. The predicted octanol–water partition coefficient (Wildman–Crippen LogP) is 3.39. The second-order valence-corrected chi connectivity index (χ2v) is 11.6. The monoisotopic (exact) mass is 401 g/mol. The van der Waals surface area contributed by atoms with Crippen LogP contribution in [0.15, 0.2) is 24.3 Å². The molecule has 1 amide bonds. The van der Waals surface area contributed by atoms with Crippen LogP contribution in [0.2, 0.25) is 0 Å². The molecule has 0 radical (unpaired) electrons. The number of nitrogens with zero attached hydrogens (tertiary/aromatic N) is 1. The summed E-state index contributed by atoms with van der Waals surface area (Å²) in [4.78, 5) is 12.9. The number of amides is 1. The number of sulfonamides is 1. The summed E-state index contributed by atoms with van der Waals surface area (Å²) in [6.07, 6.45) is 6.76. The lowest BCUT2D eigenvalue weighted by Gasteiger charge is -2.36. The average molecular weight is 402 g/mol. The van der Waals surface area contributed by atoms with E-state index in [1.807, 2.05) is 25.1 Å². The summed E-state index contributed by atoms with van der Waals surface area (Å²) in [6, 6.07) is 5.78. The largest absolute Gasteiger partial charge is 0.490 e. The molecule has 0 aromatic heterocycles. The van der Waals surface area contributed by atoms with E-state index < -0.39 is 21.2 Å². The molecule has 3 fully saturated rings. The highest BCUT2D eigenvalue weighted by molar-refractivity contribution is 7.90. The summed E-state index contributed by atoms with van der Waals surface area (Å²) in [6.45, 7) is 6.74. The molecule has 6 heteroatoms. The average Bonchev–Trinajstić information content (AvgIpc) is 3.28. The van der Waals surface area contributed by atoms with Crippen LogP contribution in [0.3, 0.4) is 0 Å². The van der Waals surface area contributed by atoms with Crippen molar-refractivity contribution in [2.75, 3.05) is 6.54 Å². The number of hydrogen-bond acceptors (Lipinski definition) is 4. The summed E-state index contributed by atoms with van der Waals surface area (Å²) in [5.74, 6) is 0.879. The van der Waals surface area contributed by atoms with E-state index in [9.17, 15) is 13.2 Å². The molecule has 2 saturated carbocycles. The third-order valence-electron chi connectivity index (χ3n) is 8.09. The first-order valence-corrected chi connectivity index (χ1v) is 11.7. The van der Waals surface area contributed by atoms with Crippen molar-refractivity contribution in [1.82, 2.24) is 4.31 Å². The first kappa shape index (κ1) is 18.2. The fraction of sp³-hybridized carbons (Fsp3) is 0.591. The van der Waals surface area contributed by atoms with Gasteiger partial charge in [-0.3, -0.25) is 4.79 Å². The van der Waals surface area contributed by atoms with Crippen LogP contribution in [0.5, 0.6) is 5.75 Å². The molecule has 1 aromatic carbocycles. The van der Waals surface area contributed by atoms with Crippen molar-refractivity contribution in [1.29, 1.82) is 0 Å². The van der Waals surface area contributed by atoms with Gasteiger partial charge in [-0.2, -0.15) is 0 Å². The SMILES string of the molecule is CC1Cc2c(/C=C/C(=O)N3CC45CCC(CC4S3(=O)=O)C5(C)C)cccc2O1. The molecule has 4 aliphatic rings. The summed E-state index contributed by atoms with van der Waals surface area (Å²) >= 11 is 0. The molecule has 150 valence electrons. The molecule has 4 atom stereocenters. The number of rotatable bonds is 2. The van der Waals surface area contributed by atoms with Crippen molar-refractivity contribution >= 4 is 22.0 Å². The van der Waals surface area contributed by atoms with Crippen LogP contribution >= 0.6 is 0 Å². The highest BCUT2D eigenvalue weighted by Crippen LogP contribution is 2.70. The number of fused-ring (bicyclic) bond motifs is 2. The van der Waals surface area contributed by atoms with Gasteiger partial charge in [0.15, 0.2) is 0 Å². The van der Waals surface area contributed by atoms with Crippen LogP contribution in [0.1, 0.15) is 51.2 Å². The van der Waals surface area contributed by atoms with Crippen molar-refractivity contribution < 1.29 is 17.9 Å². The fourth-order valence-electron chi connectivity index (χ4n) is 6.35. The Kier molecular flexibility index (Phi) is 3.66. The van der Waals surface area contributed by atoms with E-state index in [1.165, 1.54) is 6.08 Å². The molecule has 2 aliphatic carbocycles. The molecule has 0 N–H and O–H groups in total. The summed E-state index contributed by atoms with van der Waals surface area (Å²) < 4.78 is 33.3.